The van der Waals surface area contributed by atoms with Crippen LogP contribution in [0.1, 0.15) is 31.1 Å². The lowest BCUT2D eigenvalue weighted by Gasteiger charge is -2.20. The highest BCUT2D eigenvalue weighted by Crippen LogP contribution is 2.42. The van der Waals surface area contributed by atoms with Crippen LogP contribution in [0.3, 0.4) is 0 Å². The summed E-state index contributed by atoms with van der Waals surface area (Å²) in [4.78, 5) is 8.14. The Morgan fingerprint density at radius 2 is 1.94 bits per heavy atom. The number of benzene rings is 1. The van der Waals surface area contributed by atoms with Gasteiger partial charge in [0.15, 0.2) is 0 Å². The second-order valence-corrected chi connectivity index (χ2v) is 5.05. The number of aromatic nitrogens is 2. The number of nitrogens with zero attached hydrogens (tertiary/aromatic N) is 1. The number of rotatable bonds is 1. The molecule has 1 saturated carbocycles. The molecule has 2 heterocycles. The summed E-state index contributed by atoms with van der Waals surface area (Å²) in [6.45, 7) is 0. The third-order valence-electron chi connectivity index (χ3n) is 4.06. The number of halogens is 2. The van der Waals surface area contributed by atoms with Gasteiger partial charge in [0.2, 0.25) is 0 Å². The number of H-pyrrole nitrogens is 1. The van der Waals surface area contributed by atoms with Gasteiger partial charge in [-0.05, 0) is 37.3 Å². The van der Waals surface area contributed by atoms with E-state index in [9.17, 15) is 0 Å². The minimum atomic E-state index is 0. The van der Waals surface area contributed by atoms with Gasteiger partial charge in [-0.2, -0.15) is 0 Å². The van der Waals surface area contributed by atoms with Crippen LogP contribution in [0.15, 0.2) is 24.3 Å². The minimum absolute atomic E-state index is 0. The molecule has 1 aromatic heterocycles. The van der Waals surface area contributed by atoms with E-state index in [1.807, 2.05) is 6.07 Å². The third kappa shape index (κ3) is 2.00. The molecule has 2 fully saturated rings. The molecular formula is C13H17Cl2N3. The number of piperidine rings is 1. The molecule has 3 nitrogen and oxygen atoms in total. The summed E-state index contributed by atoms with van der Waals surface area (Å²) in [6.07, 6.45) is 4.04. The standard InChI is InChI=1S/C13H15N3.2ClH/c1-2-4-11-10(3-1)15-13(16-11)12-8-5-6-9(7-8)14-12;;/h1-4,8-9,12,14H,5-7H2,(H,15,16);2*1H/t8-,9+,12-;;/m0../s1. The third-order valence-corrected chi connectivity index (χ3v) is 4.06. The normalized spacial score (nSPS) is 29.0. The van der Waals surface area contributed by atoms with E-state index < -0.39 is 0 Å². The highest BCUT2D eigenvalue weighted by Gasteiger charge is 2.41. The number of imidazole rings is 1. The predicted octanol–water partition coefficient (Wildman–Crippen LogP) is 3.22. The van der Waals surface area contributed by atoms with Gasteiger partial charge in [0.05, 0.1) is 17.1 Å². The van der Waals surface area contributed by atoms with Crippen LogP contribution < -0.4 is 5.32 Å². The Morgan fingerprint density at radius 1 is 1.11 bits per heavy atom. The zero-order valence-electron chi connectivity index (χ0n) is 9.93. The van der Waals surface area contributed by atoms with Gasteiger partial charge < -0.3 is 10.3 Å². The summed E-state index contributed by atoms with van der Waals surface area (Å²) < 4.78 is 0. The van der Waals surface area contributed by atoms with E-state index in [2.05, 4.69) is 28.5 Å². The van der Waals surface area contributed by atoms with Gasteiger partial charge in [0.25, 0.3) is 0 Å². The molecule has 0 radical (unpaired) electrons. The average Bonchev–Trinajstić information content (AvgIpc) is 3.02. The van der Waals surface area contributed by atoms with Crippen LogP contribution >= 0.6 is 24.8 Å². The zero-order chi connectivity index (χ0) is 10.5. The quantitative estimate of drug-likeness (QED) is 0.845. The van der Waals surface area contributed by atoms with E-state index in [0.29, 0.717) is 6.04 Å². The van der Waals surface area contributed by atoms with Gasteiger partial charge in [-0.3, -0.25) is 0 Å². The van der Waals surface area contributed by atoms with E-state index in [0.717, 1.165) is 28.8 Å². The summed E-state index contributed by atoms with van der Waals surface area (Å²) in [5.74, 6) is 1.93. The minimum Gasteiger partial charge on any atom is -0.341 e. The van der Waals surface area contributed by atoms with Gasteiger partial charge in [-0.1, -0.05) is 12.1 Å². The number of fused-ring (bicyclic) bond motifs is 3. The fraction of sp³-hybridized carbons (Fsp3) is 0.462. The lowest BCUT2D eigenvalue weighted by molar-refractivity contribution is 0.380. The molecule has 4 rings (SSSR count). The second-order valence-electron chi connectivity index (χ2n) is 5.05. The van der Waals surface area contributed by atoms with Gasteiger partial charge >= 0.3 is 0 Å². The van der Waals surface area contributed by atoms with Crippen LogP contribution in [0.5, 0.6) is 0 Å². The lowest BCUT2D eigenvalue weighted by atomic mass is 10.00. The zero-order valence-corrected chi connectivity index (χ0v) is 11.6. The van der Waals surface area contributed by atoms with Crippen LogP contribution in [0.4, 0.5) is 0 Å². The molecule has 2 aliphatic rings. The van der Waals surface area contributed by atoms with Crippen LogP contribution in [0.25, 0.3) is 11.0 Å². The Bertz CT molecular complexity index is 507. The van der Waals surface area contributed by atoms with Gasteiger partial charge in [0, 0.05) is 6.04 Å². The molecule has 0 unspecified atom stereocenters. The lowest BCUT2D eigenvalue weighted by Crippen LogP contribution is -2.29. The molecule has 2 aromatic rings. The highest BCUT2D eigenvalue weighted by molar-refractivity contribution is 5.85. The van der Waals surface area contributed by atoms with Crippen molar-refractivity contribution in [3.05, 3.63) is 30.1 Å². The summed E-state index contributed by atoms with van der Waals surface area (Å²) in [6, 6.07) is 9.47. The van der Waals surface area contributed by atoms with Gasteiger partial charge in [-0.15, -0.1) is 24.8 Å². The second kappa shape index (κ2) is 5.08. The average molecular weight is 286 g/mol. The molecule has 1 aliphatic heterocycles. The van der Waals surface area contributed by atoms with Crippen molar-refractivity contribution in [2.75, 3.05) is 0 Å². The smallest absolute Gasteiger partial charge is 0.124 e. The van der Waals surface area contributed by atoms with E-state index in [4.69, 9.17) is 4.98 Å². The van der Waals surface area contributed by atoms with Crippen molar-refractivity contribution in [3.63, 3.8) is 0 Å². The first-order valence-corrected chi connectivity index (χ1v) is 6.11. The molecular weight excluding hydrogens is 269 g/mol. The molecule has 0 spiro atoms. The monoisotopic (exact) mass is 285 g/mol. The van der Waals surface area contributed by atoms with Gasteiger partial charge in [0.1, 0.15) is 5.82 Å². The summed E-state index contributed by atoms with van der Waals surface area (Å²) >= 11 is 0. The van der Waals surface area contributed by atoms with Gasteiger partial charge in [-0.25, -0.2) is 4.98 Å². The Morgan fingerprint density at radius 3 is 2.61 bits per heavy atom. The molecule has 2 bridgehead atoms. The van der Waals surface area contributed by atoms with Crippen molar-refractivity contribution in [3.8, 4) is 0 Å². The van der Waals surface area contributed by atoms with Crippen LogP contribution in [0, 0.1) is 5.92 Å². The molecule has 1 aliphatic carbocycles. The molecule has 98 valence electrons. The Labute approximate surface area is 119 Å². The molecule has 1 aromatic carbocycles. The predicted molar refractivity (Wildman–Crippen MR) is 77.6 cm³/mol. The SMILES string of the molecule is Cl.Cl.c1ccc2[nH]c([C@H]3N[C@@H]4CC[C@H]3C4)nc2c1. The summed E-state index contributed by atoms with van der Waals surface area (Å²) in [5, 5.41) is 3.67. The Balaban J connectivity index is 0.000000602. The van der Waals surface area contributed by atoms with E-state index >= 15 is 0 Å². The van der Waals surface area contributed by atoms with E-state index in [1.165, 1.54) is 19.3 Å². The van der Waals surface area contributed by atoms with Crippen molar-refractivity contribution < 1.29 is 0 Å². The largest absolute Gasteiger partial charge is 0.341 e. The molecule has 1 saturated heterocycles. The first-order chi connectivity index (χ1) is 7.90. The van der Waals surface area contributed by atoms with E-state index in [-0.39, 0.29) is 24.8 Å². The maximum absolute atomic E-state index is 4.70. The number of nitrogens with one attached hydrogen (secondary N) is 2. The molecule has 2 N–H and O–H groups in total. The van der Waals surface area contributed by atoms with Crippen LogP contribution in [0.2, 0.25) is 0 Å². The first-order valence-electron chi connectivity index (χ1n) is 6.11. The van der Waals surface area contributed by atoms with Crippen LogP contribution in [-0.2, 0) is 0 Å². The number of para-hydroxylation sites is 2. The number of aromatic amines is 1. The topological polar surface area (TPSA) is 40.7 Å². The number of hydrogen-bond acceptors (Lipinski definition) is 2. The fourth-order valence-corrected chi connectivity index (χ4v) is 3.28. The van der Waals surface area contributed by atoms with Crippen molar-refractivity contribution in [1.29, 1.82) is 0 Å². The molecule has 3 atom stereocenters. The first kappa shape index (κ1) is 13.7. The van der Waals surface area contributed by atoms with Crippen molar-refractivity contribution in [2.45, 2.75) is 31.3 Å². The van der Waals surface area contributed by atoms with Crippen molar-refractivity contribution in [1.82, 2.24) is 15.3 Å². The molecule has 5 heteroatoms. The van der Waals surface area contributed by atoms with Crippen molar-refractivity contribution >= 4 is 35.8 Å². The van der Waals surface area contributed by atoms with Crippen molar-refractivity contribution in [2.24, 2.45) is 5.92 Å². The molecule has 18 heavy (non-hydrogen) atoms. The van der Waals surface area contributed by atoms with E-state index in [1.54, 1.807) is 0 Å². The summed E-state index contributed by atoms with van der Waals surface area (Å²) in [5.41, 5.74) is 2.24. The van der Waals surface area contributed by atoms with Crippen LogP contribution in [-0.4, -0.2) is 16.0 Å². The fourth-order valence-electron chi connectivity index (χ4n) is 3.28. The Hall–Kier alpha value is -0.770. The maximum Gasteiger partial charge on any atom is 0.124 e. The summed E-state index contributed by atoms with van der Waals surface area (Å²) in [7, 11) is 0. The highest BCUT2D eigenvalue weighted by atomic mass is 35.5. The number of hydrogen-bond donors (Lipinski definition) is 2. The Kier molecular flexibility index (Phi) is 3.85. The molecule has 0 amide bonds. The maximum atomic E-state index is 4.70.